The summed E-state index contributed by atoms with van der Waals surface area (Å²) in [5, 5.41) is 2.83. The first-order valence-electron chi connectivity index (χ1n) is 8.61. The molecule has 3 N–H and O–H groups in total. The predicted molar refractivity (Wildman–Crippen MR) is 96.6 cm³/mol. The number of nitrogens with two attached hydrogens (primary N) is 1. The zero-order valence-corrected chi connectivity index (χ0v) is 14.3. The van der Waals surface area contributed by atoms with Gasteiger partial charge in [0.15, 0.2) is 0 Å². The van der Waals surface area contributed by atoms with Gasteiger partial charge in [0.05, 0.1) is 0 Å². The molecule has 2 aromatic carbocycles. The number of ether oxygens (including phenoxy) is 2. The van der Waals surface area contributed by atoms with Crippen LogP contribution in [0, 0.1) is 0 Å². The summed E-state index contributed by atoms with van der Waals surface area (Å²) in [5.74, 6) is 0. The number of carbonyl (C=O) groups excluding carboxylic acids is 2. The van der Waals surface area contributed by atoms with Crippen molar-refractivity contribution < 1.29 is 19.1 Å². The highest BCUT2D eigenvalue weighted by atomic mass is 16.6. The first-order chi connectivity index (χ1) is 12.6. The van der Waals surface area contributed by atoms with Crippen LogP contribution in [0.4, 0.5) is 9.59 Å². The second-order valence-corrected chi connectivity index (χ2v) is 6.38. The molecule has 6 heteroatoms. The SMILES string of the molecule is NC(=O)O[C@@H](Cc1ccccc1)[C@@H]1C[C@H](Cc2ccccc2)NC(=O)O1. The maximum Gasteiger partial charge on any atom is 0.407 e. The summed E-state index contributed by atoms with van der Waals surface area (Å²) >= 11 is 0. The number of hydrogen-bond donors (Lipinski definition) is 2. The average Bonchev–Trinajstić information content (AvgIpc) is 2.62. The van der Waals surface area contributed by atoms with Crippen molar-refractivity contribution in [1.82, 2.24) is 5.32 Å². The van der Waals surface area contributed by atoms with Crippen LogP contribution in [0.5, 0.6) is 0 Å². The van der Waals surface area contributed by atoms with Crippen LogP contribution < -0.4 is 11.1 Å². The summed E-state index contributed by atoms with van der Waals surface area (Å²) in [6.45, 7) is 0. The number of amides is 2. The van der Waals surface area contributed by atoms with Crippen LogP contribution in [0.15, 0.2) is 60.7 Å². The fourth-order valence-electron chi connectivity index (χ4n) is 3.23. The van der Waals surface area contributed by atoms with Crippen molar-refractivity contribution in [1.29, 1.82) is 0 Å². The second kappa shape index (κ2) is 8.38. The molecule has 1 aliphatic rings. The average molecular weight is 354 g/mol. The van der Waals surface area contributed by atoms with Crippen molar-refractivity contribution in [3.8, 4) is 0 Å². The monoisotopic (exact) mass is 354 g/mol. The van der Waals surface area contributed by atoms with E-state index < -0.39 is 24.4 Å². The number of cyclic esters (lactones) is 1. The second-order valence-electron chi connectivity index (χ2n) is 6.38. The van der Waals surface area contributed by atoms with E-state index in [2.05, 4.69) is 5.32 Å². The molecule has 2 amide bonds. The Kier molecular flexibility index (Phi) is 5.73. The van der Waals surface area contributed by atoms with Gasteiger partial charge in [-0.1, -0.05) is 60.7 Å². The maximum absolute atomic E-state index is 12.0. The van der Waals surface area contributed by atoms with Gasteiger partial charge >= 0.3 is 12.2 Å². The van der Waals surface area contributed by atoms with Crippen molar-refractivity contribution in [2.45, 2.75) is 37.5 Å². The van der Waals surface area contributed by atoms with Gasteiger partial charge < -0.3 is 20.5 Å². The van der Waals surface area contributed by atoms with Crippen LogP contribution in [0.2, 0.25) is 0 Å². The van der Waals surface area contributed by atoms with E-state index in [9.17, 15) is 9.59 Å². The minimum absolute atomic E-state index is 0.0987. The van der Waals surface area contributed by atoms with Crippen LogP contribution in [-0.4, -0.2) is 30.4 Å². The van der Waals surface area contributed by atoms with Crippen LogP contribution in [0.3, 0.4) is 0 Å². The predicted octanol–water partition coefficient (Wildman–Crippen LogP) is 2.80. The highest BCUT2D eigenvalue weighted by molar-refractivity contribution is 5.69. The first-order valence-corrected chi connectivity index (χ1v) is 8.61. The van der Waals surface area contributed by atoms with Gasteiger partial charge in [-0.15, -0.1) is 0 Å². The number of nitrogens with one attached hydrogen (secondary N) is 1. The molecular formula is C20H22N2O4. The van der Waals surface area contributed by atoms with E-state index in [1.165, 1.54) is 0 Å². The molecule has 0 aromatic heterocycles. The number of alkyl carbamates (subject to hydrolysis) is 1. The highest BCUT2D eigenvalue weighted by Gasteiger charge is 2.35. The molecule has 2 aromatic rings. The fourth-order valence-corrected chi connectivity index (χ4v) is 3.23. The van der Waals surface area contributed by atoms with Crippen LogP contribution in [-0.2, 0) is 22.3 Å². The van der Waals surface area contributed by atoms with E-state index in [0.717, 1.165) is 11.1 Å². The van der Waals surface area contributed by atoms with Gasteiger partial charge in [-0.25, -0.2) is 9.59 Å². The zero-order chi connectivity index (χ0) is 18.4. The van der Waals surface area contributed by atoms with E-state index in [1.54, 1.807) is 0 Å². The quantitative estimate of drug-likeness (QED) is 0.834. The Morgan fingerprint density at radius 1 is 1.12 bits per heavy atom. The molecule has 0 aliphatic carbocycles. The fraction of sp³-hybridized carbons (Fsp3) is 0.300. The van der Waals surface area contributed by atoms with Crippen molar-refractivity contribution in [2.75, 3.05) is 0 Å². The number of rotatable bonds is 6. The Morgan fingerprint density at radius 2 is 1.73 bits per heavy atom. The lowest BCUT2D eigenvalue weighted by Gasteiger charge is -2.34. The minimum atomic E-state index is -0.875. The third-order valence-corrected chi connectivity index (χ3v) is 4.38. The van der Waals surface area contributed by atoms with Gasteiger partial charge in [-0.2, -0.15) is 0 Å². The molecule has 3 atom stereocenters. The molecule has 1 aliphatic heterocycles. The molecule has 26 heavy (non-hydrogen) atoms. The summed E-state index contributed by atoms with van der Waals surface area (Å²) < 4.78 is 10.7. The highest BCUT2D eigenvalue weighted by Crippen LogP contribution is 2.21. The smallest absolute Gasteiger partial charge is 0.407 e. The topological polar surface area (TPSA) is 90.7 Å². The third-order valence-electron chi connectivity index (χ3n) is 4.38. The van der Waals surface area contributed by atoms with E-state index in [-0.39, 0.29) is 6.04 Å². The number of primary amides is 1. The Hall–Kier alpha value is -3.02. The van der Waals surface area contributed by atoms with E-state index in [0.29, 0.717) is 19.3 Å². The van der Waals surface area contributed by atoms with Crippen molar-refractivity contribution in [3.63, 3.8) is 0 Å². The lowest BCUT2D eigenvalue weighted by molar-refractivity contribution is -0.0289. The maximum atomic E-state index is 12.0. The molecule has 1 saturated heterocycles. The van der Waals surface area contributed by atoms with Crippen molar-refractivity contribution in [2.24, 2.45) is 5.73 Å². The molecule has 1 heterocycles. The summed E-state index contributed by atoms with van der Waals surface area (Å²) in [6, 6.07) is 19.4. The molecule has 0 spiro atoms. The molecule has 1 fully saturated rings. The van der Waals surface area contributed by atoms with Gasteiger partial charge in [0, 0.05) is 18.9 Å². The van der Waals surface area contributed by atoms with Crippen molar-refractivity contribution in [3.05, 3.63) is 71.8 Å². The number of carbonyl (C=O) groups is 2. The Bertz CT molecular complexity index is 736. The Morgan fingerprint density at radius 3 is 2.35 bits per heavy atom. The molecule has 0 bridgehead atoms. The van der Waals surface area contributed by atoms with Crippen molar-refractivity contribution >= 4 is 12.2 Å². The van der Waals surface area contributed by atoms with Gasteiger partial charge in [0.2, 0.25) is 0 Å². The molecule has 0 unspecified atom stereocenters. The van der Waals surface area contributed by atoms with Gasteiger partial charge in [0.25, 0.3) is 0 Å². The number of benzene rings is 2. The largest absolute Gasteiger partial charge is 0.442 e. The normalized spacial score (nSPS) is 20.5. The standard InChI is InChI=1S/C20H22N2O4/c21-19(23)25-17(12-15-9-5-2-6-10-15)18-13-16(22-20(24)26-18)11-14-7-3-1-4-8-14/h1-10,16-18H,11-13H2,(H2,21,23)(H,22,24)/t16-,17-,18-/m0/s1. The van der Waals surface area contributed by atoms with Gasteiger partial charge in [-0.05, 0) is 17.5 Å². The third kappa shape index (κ3) is 4.99. The summed E-state index contributed by atoms with van der Waals surface area (Å²) in [4.78, 5) is 23.4. The zero-order valence-electron chi connectivity index (χ0n) is 14.3. The van der Waals surface area contributed by atoms with Gasteiger partial charge in [-0.3, -0.25) is 0 Å². The summed E-state index contributed by atoms with van der Waals surface area (Å²) in [7, 11) is 0. The molecular weight excluding hydrogens is 332 g/mol. The first kappa shape index (κ1) is 17.8. The summed E-state index contributed by atoms with van der Waals surface area (Å²) in [5.41, 5.74) is 7.33. The molecule has 0 radical (unpaired) electrons. The van der Waals surface area contributed by atoms with Crippen LogP contribution in [0.25, 0.3) is 0 Å². The van der Waals surface area contributed by atoms with E-state index >= 15 is 0 Å². The molecule has 0 saturated carbocycles. The number of hydrogen-bond acceptors (Lipinski definition) is 4. The van der Waals surface area contributed by atoms with Crippen LogP contribution >= 0.6 is 0 Å². The Balaban J connectivity index is 1.72. The van der Waals surface area contributed by atoms with E-state index in [4.69, 9.17) is 15.2 Å². The Labute approximate surface area is 152 Å². The lowest BCUT2D eigenvalue weighted by atomic mass is 9.94. The van der Waals surface area contributed by atoms with Crippen LogP contribution in [0.1, 0.15) is 17.5 Å². The molecule has 136 valence electrons. The summed E-state index contributed by atoms with van der Waals surface area (Å²) in [6.07, 6.45) is -0.912. The molecule has 3 rings (SSSR count). The lowest BCUT2D eigenvalue weighted by Crippen LogP contribution is -2.51. The van der Waals surface area contributed by atoms with E-state index in [1.807, 2.05) is 60.7 Å². The minimum Gasteiger partial charge on any atom is -0.442 e. The van der Waals surface area contributed by atoms with Gasteiger partial charge in [0.1, 0.15) is 12.2 Å². The molecule has 6 nitrogen and oxygen atoms in total.